The summed E-state index contributed by atoms with van der Waals surface area (Å²) in [6.45, 7) is 8.96. The second-order valence-corrected chi connectivity index (χ2v) is 6.98. The summed E-state index contributed by atoms with van der Waals surface area (Å²) in [6, 6.07) is 4.02. The maximum atomic E-state index is 13.4. The third-order valence-corrected chi connectivity index (χ3v) is 5.41. The lowest BCUT2D eigenvalue weighted by molar-refractivity contribution is 0.165. The molecule has 1 aromatic rings. The van der Waals surface area contributed by atoms with E-state index in [0.29, 0.717) is 19.6 Å². The summed E-state index contributed by atoms with van der Waals surface area (Å²) in [5.41, 5.74) is 3.31. The lowest BCUT2D eigenvalue weighted by Crippen LogP contribution is -2.44. The van der Waals surface area contributed by atoms with Crippen molar-refractivity contribution in [1.82, 2.24) is 15.1 Å². The largest absolute Gasteiger partial charge is 0.497 e. The Morgan fingerprint density at radius 3 is 2.54 bits per heavy atom. The predicted octanol–water partition coefficient (Wildman–Crippen LogP) is 3.97. The second kappa shape index (κ2) is 10.4. The highest BCUT2D eigenvalue weighted by atomic mass is 16.5. The van der Waals surface area contributed by atoms with Crippen LogP contribution >= 0.6 is 0 Å². The molecule has 0 aliphatic carbocycles. The molecule has 1 N–H and O–H groups in total. The number of hydrogen-bond acceptors (Lipinski definition) is 4. The van der Waals surface area contributed by atoms with Gasteiger partial charge in [0.25, 0.3) is 0 Å². The number of hydrogen-bond donors (Lipinski definition) is 1. The van der Waals surface area contributed by atoms with Crippen LogP contribution in [0.1, 0.15) is 50.7 Å². The number of nitrogens with one attached hydrogen (secondary N) is 1. The van der Waals surface area contributed by atoms with E-state index in [-0.39, 0.29) is 11.9 Å². The van der Waals surface area contributed by atoms with Gasteiger partial charge in [0.15, 0.2) is 0 Å². The fraction of sp³-hybridized carbons (Fsp3) is 0.591. The Balaban J connectivity index is 2.53. The Labute approximate surface area is 169 Å². The zero-order chi connectivity index (χ0) is 20.7. The Kier molecular flexibility index (Phi) is 8.18. The minimum absolute atomic E-state index is 0.0512. The first kappa shape index (κ1) is 22.1. The van der Waals surface area contributed by atoms with E-state index in [4.69, 9.17) is 9.47 Å². The van der Waals surface area contributed by atoms with Crippen LogP contribution in [0.3, 0.4) is 0 Å². The van der Waals surface area contributed by atoms with Crippen LogP contribution in [0.5, 0.6) is 11.5 Å². The van der Waals surface area contributed by atoms with Crippen LogP contribution in [-0.2, 0) is 6.54 Å². The number of carbonyl (C=O) groups excluding carboxylic acids is 1. The Hall–Kier alpha value is -2.21. The van der Waals surface area contributed by atoms with E-state index >= 15 is 0 Å². The molecular weight excluding hydrogens is 354 g/mol. The predicted molar refractivity (Wildman–Crippen MR) is 113 cm³/mol. The van der Waals surface area contributed by atoms with Gasteiger partial charge >= 0.3 is 6.03 Å². The monoisotopic (exact) mass is 389 g/mol. The molecule has 1 atom stereocenters. The van der Waals surface area contributed by atoms with Gasteiger partial charge in [0.05, 0.1) is 20.8 Å². The van der Waals surface area contributed by atoms with Crippen LogP contribution in [-0.4, -0.2) is 56.7 Å². The van der Waals surface area contributed by atoms with E-state index in [1.165, 1.54) is 0 Å². The van der Waals surface area contributed by atoms with Crippen molar-refractivity contribution in [3.05, 3.63) is 35.0 Å². The number of nitrogens with zero attached hydrogens (tertiary/aromatic N) is 2. The van der Waals surface area contributed by atoms with Gasteiger partial charge in [0.2, 0.25) is 0 Å². The van der Waals surface area contributed by atoms with Gasteiger partial charge in [-0.3, -0.25) is 4.90 Å². The summed E-state index contributed by atoms with van der Waals surface area (Å²) >= 11 is 0. The summed E-state index contributed by atoms with van der Waals surface area (Å²) in [6.07, 6.45) is 3.99. The molecule has 6 nitrogen and oxygen atoms in total. The number of rotatable bonds is 8. The van der Waals surface area contributed by atoms with Crippen molar-refractivity contribution >= 4 is 6.03 Å². The lowest BCUT2D eigenvalue weighted by atomic mass is 9.91. The van der Waals surface area contributed by atoms with Gasteiger partial charge in [-0.05, 0) is 38.4 Å². The highest BCUT2D eigenvalue weighted by Crippen LogP contribution is 2.41. The minimum Gasteiger partial charge on any atom is -0.497 e. The van der Waals surface area contributed by atoms with E-state index in [2.05, 4.69) is 25.2 Å². The molecule has 1 unspecified atom stereocenters. The van der Waals surface area contributed by atoms with Crippen LogP contribution in [0.4, 0.5) is 4.79 Å². The molecule has 0 bridgehead atoms. The molecule has 1 aliphatic rings. The average Bonchev–Trinajstić information content (AvgIpc) is 2.89. The zero-order valence-corrected chi connectivity index (χ0v) is 18.2. The van der Waals surface area contributed by atoms with Crippen LogP contribution in [0.2, 0.25) is 0 Å². The molecule has 0 aromatic heterocycles. The summed E-state index contributed by atoms with van der Waals surface area (Å²) in [5, 5.41) is 3.13. The molecular formula is C22H35N3O3. The zero-order valence-electron chi connectivity index (χ0n) is 18.2. The summed E-state index contributed by atoms with van der Waals surface area (Å²) in [4.78, 5) is 17.2. The molecule has 0 spiro atoms. The normalized spacial score (nSPS) is 16.1. The molecule has 0 saturated carbocycles. The lowest BCUT2D eigenvalue weighted by Gasteiger charge is -2.31. The maximum Gasteiger partial charge on any atom is 0.324 e. The molecule has 6 heteroatoms. The highest BCUT2D eigenvalue weighted by Gasteiger charge is 2.30. The SMILES string of the molecule is CCC1=CC(CC)c2c(cc(OC)cc2OC)CN1C(=O)N(CC)CCNC. The molecule has 1 heterocycles. The van der Waals surface area contributed by atoms with Crippen LogP contribution in [0, 0.1) is 0 Å². The van der Waals surface area contributed by atoms with E-state index in [0.717, 1.165) is 47.7 Å². The number of carbonyl (C=O) groups is 1. The van der Waals surface area contributed by atoms with E-state index < -0.39 is 0 Å². The van der Waals surface area contributed by atoms with Crippen molar-refractivity contribution < 1.29 is 14.3 Å². The summed E-state index contributed by atoms with van der Waals surface area (Å²) in [5.74, 6) is 1.78. The Morgan fingerprint density at radius 1 is 1.25 bits per heavy atom. The first-order valence-corrected chi connectivity index (χ1v) is 10.2. The first-order valence-electron chi connectivity index (χ1n) is 10.2. The molecule has 1 aliphatic heterocycles. The average molecular weight is 390 g/mol. The molecule has 2 rings (SSSR count). The number of fused-ring (bicyclic) bond motifs is 1. The van der Waals surface area contributed by atoms with Gasteiger partial charge < -0.3 is 19.7 Å². The molecule has 28 heavy (non-hydrogen) atoms. The van der Waals surface area contributed by atoms with Crippen LogP contribution in [0.15, 0.2) is 23.9 Å². The smallest absolute Gasteiger partial charge is 0.324 e. The van der Waals surface area contributed by atoms with Gasteiger partial charge in [0.1, 0.15) is 11.5 Å². The minimum atomic E-state index is 0.0512. The number of amides is 2. The standard InChI is InChI=1S/C22H35N3O3/c1-7-16-12-18(8-2)25(22(26)24(9-3)11-10-23-4)15-17-13-19(27-5)14-20(28-6)21(16)17/h12-14,16,23H,7-11,15H2,1-6H3. The molecule has 0 fully saturated rings. The fourth-order valence-corrected chi connectivity index (χ4v) is 3.80. The van der Waals surface area contributed by atoms with Gasteiger partial charge in [-0.1, -0.05) is 19.9 Å². The van der Waals surface area contributed by atoms with E-state index in [1.54, 1.807) is 14.2 Å². The second-order valence-electron chi connectivity index (χ2n) is 6.98. The number of methoxy groups -OCH3 is 2. The van der Waals surface area contributed by atoms with Gasteiger partial charge in [-0.2, -0.15) is 0 Å². The van der Waals surface area contributed by atoms with Gasteiger partial charge in [-0.15, -0.1) is 0 Å². The van der Waals surface area contributed by atoms with E-state index in [1.807, 2.05) is 35.9 Å². The number of allylic oxidation sites excluding steroid dienone is 2. The Bertz CT molecular complexity index is 703. The Morgan fingerprint density at radius 2 is 2.00 bits per heavy atom. The van der Waals surface area contributed by atoms with Crippen molar-refractivity contribution in [3.8, 4) is 11.5 Å². The molecule has 0 radical (unpaired) electrons. The van der Waals surface area contributed by atoms with Gasteiger partial charge in [0, 0.05) is 42.9 Å². The van der Waals surface area contributed by atoms with Crippen LogP contribution < -0.4 is 14.8 Å². The number of urea groups is 1. The van der Waals surface area contributed by atoms with Crippen molar-refractivity contribution in [3.63, 3.8) is 0 Å². The first-order chi connectivity index (χ1) is 13.5. The van der Waals surface area contributed by atoms with Gasteiger partial charge in [-0.25, -0.2) is 4.79 Å². The number of benzene rings is 1. The maximum absolute atomic E-state index is 13.4. The highest BCUT2D eigenvalue weighted by molar-refractivity contribution is 5.77. The molecule has 156 valence electrons. The third kappa shape index (κ3) is 4.61. The molecule has 1 aromatic carbocycles. The quantitative estimate of drug-likeness (QED) is 0.731. The third-order valence-electron chi connectivity index (χ3n) is 5.41. The molecule has 0 saturated heterocycles. The van der Waals surface area contributed by atoms with Crippen molar-refractivity contribution in [1.29, 1.82) is 0 Å². The van der Waals surface area contributed by atoms with Crippen LogP contribution in [0.25, 0.3) is 0 Å². The summed E-state index contributed by atoms with van der Waals surface area (Å²) in [7, 11) is 5.25. The topological polar surface area (TPSA) is 54.0 Å². The van der Waals surface area contributed by atoms with Crippen molar-refractivity contribution in [2.45, 2.75) is 46.1 Å². The fourth-order valence-electron chi connectivity index (χ4n) is 3.80. The number of ether oxygens (including phenoxy) is 2. The summed E-state index contributed by atoms with van der Waals surface area (Å²) < 4.78 is 11.2. The number of likely N-dealkylation sites (N-methyl/N-ethyl adjacent to an activating group) is 2. The van der Waals surface area contributed by atoms with Crippen molar-refractivity contribution in [2.75, 3.05) is 40.9 Å². The van der Waals surface area contributed by atoms with Crippen molar-refractivity contribution in [2.24, 2.45) is 0 Å². The molecule has 2 amide bonds. The van der Waals surface area contributed by atoms with E-state index in [9.17, 15) is 4.79 Å².